The Kier molecular flexibility index (Phi) is 2.30. The van der Waals surface area contributed by atoms with Gasteiger partial charge in [-0.05, 0) is 31.4 Å². The van der Waals surface area contributed by atoms with Crippen LogP contribution in [-0.2, 0) is 19.0 Å². The standard InChI is InChI=1S/C13H16O4/c1-13-6-8(13)11-9(16-7-15-2)4-3-5-10(11)17-12(13)14/h3-5,8,10-11H,6-7H2,1-2H3. The molecular formula is C13H16O4. The molecule has 0 bridgehead atoms. The van der Waals surface area contributed by atoms with E-state index in [1.165, 1.54) is 0 Å². The SMILES string of the molecule is COCOC1=CC=CC2OC(=O)C3(C)CC3C12. The molecule has 1 heterocycles. The summed E-state index contributed by atoms with van der Waals surface area (Å²) >= 11 is 0. The fraction of sp³-hybridized carbons (Fsp3) is 0.615. The third-order valence-electron chi connectivity index (χ3n) is 4.03. The maximum atomic E-state index is 11.8. The quantitative estimate of drug-likeness (QED) is 0.552. The summed E-state index contributed by atoms with van der Waals surface area (Å²) in [6.45, 7) is 2.21. The highest BCUT2D eigenvalue weighted by Gasteiger charge is 2.66. The molecule has 4 unspecified atom stereocenters. The molecule has 0 radical (unpaired) electrons. The van der Waals surface area contributed by atoms with Crippen molar-refractivity contribution in [3.05, 3.63) is 24.0 Å². The Morgan fingerprint density at radius 2 is 2.41 bits per heavy atom. The van der Waals surface area contributed by atoms with E-state index in [9.17, 15) is 4.79 Å². The van der Waals surface area contributed by atoms with Gasteiger partial charge < -0.3 is 14.2 Å². The van der Waals surface area contributed by atoms with Crippen LogP contribution in [0.1, 0.15) is 13.3 Å². The lowest BCUT2D eigenvalue weighted by Gasteiger charge is -2.34. The first-order chi connectivity index (χ1) is 8.16. The van der Waals surface area contributed by atoms with Gasteiger partial charge in [0.25, 0.3) is 0 Å². The number of rotatable bonds is 3. The fourth-order valence-corrected chi connectivity index (χ4v) is 2.88. The Bertz CT molecular complexity index is 412. The monoisotopic (exact) mass is 236 g/mol. The van der Waals surface area contributed by atoms with E-state index in [1.54, 1.807) is 7.11 Å². The van der Waals surface area contributed by atoms with E-state index in [4.69, 9.17) is 14.2 Å². The Balaban J connectivity index is 1.82. The number of carbonyl (C=O) groups is 1. The van der Waals surface area contributed by atoms with E-state index in [0.29, 0.717) is 5.92 Å². The maximum absolute atomic E-state index is 11.8. The van der Waals surface area contributed by atoms with Crippen molar-refractivity contribution < 1.29 is 19.0 Å². The van der Waals surface area contributed by atoms with Gasteiger partial charge in [0.15, 0.2) is 6.79 Å². The number of allylic oxidation sites excluding steroid dienone is 2. The van der Waals surface area contributed by atoms with Gasteiger partial charge in [0.1, 0.15) is 11.9 Å². The predicted molar refractivity (Wildman–Crippen MR) is 59.8 cm³/mol. The summed E-state index contributed by atoms with van der Waals surface area (Å²) in [6.07, 6.45) is 6.48. The number of ether oxygens (including phenoxy) is 3. The molecule has 0 N–H and O–H groups in total. The van der Waals surface area contributed by atoms with Gasteiger partial charge in [-0.15, -0.1) is 0 Å². The first kappa shape index (κ1) is 10.8. The normalized spacial score (nSPS) is 42.1. The minimum atomic E-state index is -0.290. The molecule has 92 valence electrons. The van der Waals surface area contributed by atoms with Crippen molar-refractivity contribution in [2.24, 2.45) is 17.3 Å². The molecule has 1 saturated heterocycles. The summed E-state index contributed by atoms with van der Waals surface area (Å²) < 4.78 is 16.0. The Hall–Kier alpha value is -1.29. The second kappa shape index (κ2) is 3.60. The number of fused-ring (bicyclic) bond motifs is 3. The van der Waals surface area contributed by atoms with Crippen LogP contribution in [0.4, 0.5) is 0 Å². The Morgan fingerprint density at radius 3 is 3.18 bits per heavy atom. The van der Waals surface area contributed by atoms with E-state index in [1.807, 2.05) is 25.2 Å². The summed E-state index contributed by atoms with van der Waals surface area (Å²) in [5.41, 5.74) is -0.290. The molecule has 0 spiro atoms. The minimum absolute atomic E-state index is 0.0682. The van der Waals surface area contributed by atoms with Gasteiger partial charge >= 0.3 is 5.97 Å². The van der Waals surface area contributed by atoms with Crippen LogP contribution in [0.25, 0.3) is 0 Å². The van der Waals surface area contributed by atoms with E-state index in [-0.39, 0.29) is 30.2 Å². The molecule has 3 aliphatic rings. The molecule has 3 rings (SSSR count). The van der Waals surface area contributed by atoms with Crippen LogP contribution in [0.5, 0.6) is 0 Å². The van der Waals surface area contributed by atoms with Crippen LogP contribution in [-0.4, -0.2) is 26.0 Å². The molecule has 4 atom stereocenters. The molecule has 0 aromatic carbocycles. The highest BCUT2D eigenvalue weighted by molar-refractivity contribution is 5.82. The highest BCUT2D eigenvalue weighted by atomic mass is 16.7. The summed E-state index contributed by atoms with van der Waals surface area (Å²) in [5.74, 6) is 1.32. The van der Waals surface area contributed by atoms with Crippen molar-refractivity contribution in [1.29, 1.82) is 0 Å². The van der Waals surface area contributed by atoms with Crippen LogP contribution in [0.3, 0.4) is 0 Å². The largest absolute Gasteiger partial charge is 0.471 e. The molecule has 0 aromatic heterocycles. The topological polar surface area (TPSA) is 44.8 Å². The van der Waals surface area contributed by atoms with Crippen LogP contribution in [0.2, 0.25) is 0 Å². The number of hydrogen-bond acceptors (Lipinski definition) is 4. The van der Waals surface area contributed by atoms with Crippen molar-refractivity contribution in [3.63, 3.8) is 0 Å². The first-order valence-electron chi connectivity index (χ1n) is 5.88. The first-order valence-corrected chi connectivity index (χ1v) is 5.88. The lowest BCUT2D eigenvalue weighted by molar-refractivity contribution is -0.163. The van der Waals surface area contributed by atoms with E-state index >= 15 is 0 Å². The van der Waals surface area contributed by atoms with Gasteiger partial charge in [-0.25, -0.2) is 0 Å². The van der Waals surface area contributed by atoms with Crippen LogP contribution < -0.4 is 0 Å². The summed E-state index contributed by atoms with van der Waals surface area (Å²) in [5, 5.41) is 0. The van der Waals surface area contributed by atoms with Crippen molar-refractivity contribution in [2.45, 2.75) is 19.4 Å². The third-order valence-corrected chi connectivity index (χ3v) is 4.03. The molecule has 17 heavy (non-hydrogen) atoms. The Labute approximate surface area is 100 Å². The predicted octanol–water partition coefficient (Wildman–Crippen LogP) is 1.63. The third kappa shape index (κ3) is 1.51. The smallest absolute Gasteiger partial charge is 0.312 e. The zero-order chi connectivity index (χ0) is 12.0. The highest BCUT2D eigenvalue weighted by Crippen LogP contribution is 2.63. The van der Waals surface area contributed by atoms with Crippen molar-refractivity contribution in [2.75, 3.05) is 13.9 Å². The van der Waals surface area contributed by atoms with Crippen molar-refractivity contribution in [3.8, 4) is 0 Å². The van der Waals surface area contributed by atoms with Crippen LogP contribution in [0, 0.1) is 17.3 Å². The van der Waals surface area contributed by atoms with Gasteiger partial charge in [-0.2, -0.15) is 0 Å². The zero-order valence-electron chi connectivity index (χ0n) is 10.0. The summed E-state index contributed by atoms with van der Waals surface area (Å²) in [7, 11) is 1.60. The summed E-state index contributed by atoms with van der Waals surface area (Å²) in [6, 6.07) is 0. The molecule has 1 aliphatic heterocycles. The molecule has 2 aliphatic carbocycles. The number of esters is 1. The fourth-order valence-electron chi connectivity index (χ4n) is 2.88. The lowest BCUT2D eigenvalue weighted by atomic mass is 9.84. The van der Waals surface area contributed by atoms with Crippen LogP contribution >= 0.6 is 0 Å². The minimum Gasteiger partial charge on any atom is -0.471 e. The molecule has 4 heteroatoms. The van der Waals surface area contributed by atoms with Crippen molar-refractivity contribution >= 4 is 5.97 Å². The molecule has 2 fully saturated rings. The number of methoxy groups -OCH3 is 1. The van der Waals surface area contributed by atoms with Crippen LogP contribution in [0.15, 0.2) is 24.0 Å². The van der Waals surface area contributed by atoms with Gasteiger partial charge in [-0.1, -0.05) is 6.08 Å². The molecular weight excluding hydrogens is 220 g/mol. The molecule has 1 saturated carbocycles. The second-order valence-electron chi connectivity index (χ2n) is 5.13. The summed E-state index contributed by atoms with van der Waals surface area (Å²) in [4.78, 5) is 11.8. The average molecular weight is 236 g/mol. The van der Waals surface area contributed by atoms with Gasteiger partial charge in [0.2, 0.25) is 0 Å². The average Bonchev–Trinajstić information content (AvgIpc) is 3.00. The molecule has 0 amide bonds. The second-order valence-corrected chi connectivity index (χ2v) is 5.13. The maximum Gasteiger partial charge on any atom is 0.312 e. The van der Waals surface area contributed by atoms with E-state index in [0.717, 1.165) is 12.2 Å². The van der Waals surface area contributed by atoms with Gasteiger partial charge in [0.05, 0.1) is 11.3 Å². The van der Waals surface area contributed by atoms with Crippen molar-refractivity contribution in [1.82, 2.24) is 0 Å². The zero-order valence-corrected chi connectivity index (χ0v) is 10.0. The Morgan fingerprint density at radius 1 is 1.59 bits per heavy atom. The van der Waals surface area contributed by atoms with E-state index in [2.05, 4.69) is 0 Å². The van der Waals surface area contributed by atoms with Gasteiger partial charge in [0, 0.05) is 7.11 Å². The van der Waals surface area contributed by atoms with Gasteiger partial charge in [-0.3, -0.25) is 4.79 Å². The number of carbonyl (C=O) groups excluding carboxylic acids is 1. The molecule has 0 aromatic rings. The lowest BCUT2D eigenvalue weighted by Crippen LogP contribution is -2.40. The number of hydrogen-bond donors (Lipinski definition) is 0. The molecule has 4 nitrogen and oxygen atoms in total. The van der Waals surface area contributed by atoms with E-state index < -0.39 is 0 Å².